The maximum atomic E-state index is 14.7. The number of pyridine rings is 1. The van der Waals surface area contributed by atoms with Crippen molar-refractivity contribution in [1.29, 1.82) is 5.26 Å². The third-order valence-corrected chi connectivity index (χ3v) is 6.56. The zero-order valence-electron chi connectivity index (χ0n) is 19.3. The number of rotatable bonds is 5. The molecule has 3 heterocycles. The van der Waals surface area contributed by atoms with Crippen molar-refractivity contribution >= 4 is 22.8 Å². The van der Waals surface area contributed by atoms with E-state index in [2.05, 4.69) is 21.4 Å². The summed E-state index contributed by atoms with van der Waals surface area (Å²) in [5.74, 6) is -0.948. The molecule has 1 aliphatic rings. The fraction of sp³-hybridized carbons (Fsp3) is 0.375. The van der Waals surface area contributed by atoms with E-state index in [4.69, 9.17) is 0 Å². The predicted molar refractivity (Wildman–Crippen MR) is 122 cm³/mol. The Bertz CT molecular complexity index is 1420. The number of benzene rings is 1. The van der Waals surface area contributed by atoms with Crippen LogP contribution in [0.1, 0.15) is 49.4 Å². The van der Waals surface area contributed by atoms with Crippen molar-refractivity contribution in [2.45, 2.75) is 38.2 Å². The van der Waals surface area contributed by atoms with Crippen molar-refractivity contribution in [3.63, 3.8) is 0 Å². The van der Waals surface area contributed by atoms with Gasteiger partial charge in [0.05, 0.1) is 23.1 Å². The van der Waals surface area contributed by atoms with Crippen LogP contribution < -0.4 is 10.9 Å². The molecule has 35 heavy (non-hydrogen) atoms. The second-order valence-electron chi connectivity index (χ2n) is 8.68. The van der Waals surface area contributed by atoms with Crippen LogP contribution in [0, 0.1) is 17.1 Å². The number of hydrogen-bond donors (Lipinski definition) is 1. The molecule has 1 amide bonds. The van der Waals surface area contributed by atoms with Crippen LogP contribution in [-0.2, 0) is 17.3 Å². The smallest absolute Gasteiger partial charge is 0.266 e. The highest BCUT2D eigenvalue weighted by Gasteiger charge is 2.43. The van der Waals surface area contributed by atoms with Gasteiger partial charge in [0.15, 0.2) is 0 Å². The highest BCUT2D eigenvalue weighted by atomic mass is 19.3. The molecule has 0 bridgehead atoms. The summed E-state index contributed by atoms with van der Waals surface area (Å²) in [6.07, 6.45) is -1.43. The molecule has 182 valence electrons. The van der Waals surface area contributed by atoms with Crippen molar-refractivity contribution in [3.8, 4) is 6.07 Å². The minimum absolute atomic E-state index is 0.0287. The molecule has 0 spiro atoms. The SMILES string of the molecule is CC(=O)N1CCC(C#N)(c2cc3c(N[C@H](C)c4cccc(C(F)F)c4F)ncnc3n(C)c2=O)C1. The van der Waals surface area contributed by atoms with E-state index in [9.17, 15) is 28.0 Å². The Labute approximate surface area is 199 Å². The summed E-state index contributed by atoms with van der Waals surface area (Å²) in [7, 11) is 1.52. The quantitative estimate of drug-likeness (QED) is 0.594. The van der Waals surface area contributed by atoms with Gasteiger partial charge in [-0.15, -0.1) is 0 Å². The van der Waals surface area contributed by atoms with Gasteiger partial charge in [0.25, 0.3) is 12.0 Å². The summed E-state index contributed by atoms with van der Waals surface area (Å²) in [6.45, 7) is 3.43. The molecule has 1 unspecified atom stereocenters. The third kappa shape index (κ3) is 4.09. The normalized spacial score (nSPS) is 18.6. The van der Waals surface area contributed by atoms with E-state index in [0.29, 0.717) is 18.4 Å². The van der Waals surface area contributed by atoms with Crippen molar-refractivity contribution in [2.24, 2.45) is 7.05 Å². The molecule has 0 saturated carbocycles. The predicted octanol–water partition coefficient (Wildman–Crippen LogP) is 3.59. The Kier molecular flexibility index (Phi) is 6.23. The summed E-state index contributed by atoms with van der Waals surface area (Å²) < 4.78 is 42.3. The van der Waals surface area contributed by atoms with Gasteiger partial charge >= 0.3 is 0 Å². The van der Waals surface area contributed by atoms with Crippen LogP contribution in [-0.4, -0.2) is 38.4 Å². The lowest BCUT2D eigenvalue weighted by Gasteiger charge is -2.23. The van der Waals surface area contributed by atoms with Crippen molar-refractivity contribution in [1.82, 2.24) is 19.4 Å². The fourth-order valence-electron chi connectivity index (χ4n) is 4.53. The molecule has 3 aromatic rings. The molecule has 4 rings (SSSR count). The molecule has 0 aliphatic carbocycles. The molecule has 0 radical (unpaired) electrons. The monoisotopic (exact) mass is 484 g/mol. The number of carbonyl (C=O) groups excluding carboxylic acids is 1. The van der Waals surface area contributed by atoms with Gasteiger partial charge in [0.2, 0.25) is 5.91 Å². The van der Waals surface area contributed by atoms with E-state index < -0.39 is 34.8 Å². The number of fused-ring (bicyclic) bond motifs is 1. The summed E-state index contributed by atoms with van der Waals surface area (Å²) in [5.41, 5.74) is -1.81. The first kappa shape index (κ1) is 24.2. The van der Waals surface area contributed by atoms with Gasteiger partial charge in [-0.05, 0) is 19.4 Å². The maximum Gasteiger partial charge on any atom is 0.266 e. The topological polar surface area (TPSA) is 104 Å². The highest BCUT2D eigenvalue weighted by molar-refractivity contribution is 5.87. The zero-order chi connectivity index (χ0) is 25.5. The van der Waals surface area contributed by atoms with Crippen LogP contribution in [0.4, 0.5) is 19.0 Å². The van der Waals surface area contributed by atoms with Crippen LogP contribution in [0.3, 0.4) is 0 Å². The molecular formula is C24H23F3N6O2. The summed E-state index contributed by atoms with van der Waals surface area (Å²) in [5, 5.41) is 13.5. The molecule has 2 aromatic heterocycles. The Morgan fingerprint density at radius 3 is 2.63 bits per heavy atom. The highest BCUT2D eigenvalue weighted by Crippen LogP contribution is 2.35. The first-order valence-corrected chi connectivity index (χ1v) is 10.9. The summed E-state index contributed by atoms with van der Waals surface area (Å²) in [4.78, 5) is 35.0. The van der Waals surface area contributed by atoms with Gasteiger partial charge in [-0.2, -0.15) is 5.26 Å². The second kappa shape index (κ2) is 9.02. The fourth-order valence-corrected chi connectivity index (χ4v) is 4.53. The molecular weight excluding hydrogens is 461 g/mol. The molecule has 1 saturated heterocycles. The van der Waals surface area contributed by atoms with Crippen molar-refractivity contribution < 1.29 is 18.0 Å². The molecule has 8 nitrogen and oxygen atoms in total. The Morgan fingerprint density at radius 2 is 2.00 bits per heavy atom. The van der Waals surface area contributed by atoms with Gasteiger partial charge in [-0.25, -0.2) is 23.1 Å². The third-order valence-electron chi connectivity index (χ3n) is 6.56. The number of nitrogens with zero attached hydrogens (tertiary/aromatic N) is 5. The van der Waals surface area contributed by atoms with Gasteiger partial charge in [-0.1, -0.05) is 18.2 Å². The van der Waals surface area contributed by atoms with Crippen molar-refractivity contribution in [3.05, 3.63) is 63.5 Å². The number of alkyl halides is 2. The number of anilines is 1. The van der Waals surface area contributed by atoms with E-state index in [1.807, 2.05) is 0 Å². The molecule has 1 aliphatic heterocycles. The molecule has 1 aromatic carbocycles. The van der Waals surface area contributed by atoms with Crippen LogP contribution in [0.25, 0.3) is 11.0 Å². The Morgan fingerprint density at radius 1 is 1.29 bits per heavy atom. The number of nitriles is 1. The number of likely N-dealkylation sites (tertiary alicyclic amines) is 1. The number of hydrogen-bond acceptors (Lipinski definition) is 6. The van der Waals surface area contributed by atoms with Crippen LogP contribution in [0.5, 0.6) is 0 Å². The van der Waals surface area contributed by atoms with E-state index >= 15 is 0 Å². The minimum Gasteiger partial charge on any atom is -0.363 e. The molecule has 1 fully saturated rings. The van der Waals surface area contributed by atoms with Gasteiger partial charge in [0.1, 0.15) is 29.0 Å². The second-order valence-corrected chi connectivity index (χ2v) is 8.68. The number of aryl methyl sites for hydroxylation is 1. The number of nitrogens with one attached hydrogen (secondary N) is 1. The Balaban J connectivity index is 1.81. The van der Waals surface area contributed by atoms with Gasteiger partial charge < -0.3 is 10.2 Å². The van der Waals surface area contributed by atoms with E-state index in [1.54, 1.807) is 6.92 Å². The largest absolute Gasteiger partial charge is 0.363 e. The lowest BCUT2D eigenvalue weighted by molar-refractivity contribution is -0.127. The average molecular weight is 484 g/mol. The lowest BCUT2D eigenvalue weighted by Crippen LogP contribution is -2.38. The molecule has 2 atom stereocenters. The van der Waals surface area contributed by atoms with Crippen LogP contribution in [0.15, 0.2) is 35.4 Å². The van der Waals surface area contributed by atoms with E-state index in [0.717, 1.165) is 6.07 Å². The lowest BCUT2D eigenvalue weighted by atomic mass is 9.81. The number of amides is 1. The first-order chi connectivity index (χ1) is 16.6. The summed E-state index contributed by atoms with van der Waals surface area (Å²) in [6, 6.07) is 6.81. The molecule has 11 heteroatoms. The van der Waals surface area contributed by atoms with E-state index in [1.165, 1.54) is 48.0 Å². The first-order valence-electron chi connectivity index (χ1n) is 10.9. The van der Waals surface area contributed by atoms with Crippen LogP contribution in [0.2, 0.25) is 0 Å². The molecule has 1 N–H and O–H groups in total. The van der Waals surface area contributed by atoms with Crippen molar-refractivity contribution in [2.75, 3.05) is 18.4 Å². The number of halogens is 3. The summed E-state index contributed by atoms with van der Waals surface area (Å²) >= 11 is 0. The average Bonchev–Trinajstić information content (AvgIpc) is 3.27. The maximum absolute atomic E-state index is 14.7. The van der Waals surface area contributed by atoms with Gasteiger partial charge in [-0.3, -0.25) is 14.2 Å². The van der Waals surface area contributed by atoms with Gasteiger partial charge in [0, 0.05) is 38.2 Å². The number of carbonyl (C=O) groups is 1. The van der Waals surface area contributed by atoms with Crippen LogP contribution >= 0.6 is 0 Å². The Hall–Kier alpha value is -3.94. The number of aromatic nitrogens is 3. The zero-order valence-corrected chi connectivity index (χ0v) is 19.3. The standard InChI is InChI=1S/C24H23F3N6O2/c1-13(15-5-4-6-16(19(15)25)20(26)27)31-21-17-9-18(23(35)32(3)22(17)30-12-29-21)24(10-28)7-8-33(11-24)14(2)34/h4-6,9,12-13,20H,7-8,11H2,1-3H3,(H,29,30,31)/t13-,24?/m1/s1. The van der Waals surface area contributed by atoms with E-state index in [-0.39, 0.29) is 35.0 Å². The minimum atomic E-state index is -2.96.